The Morgan fingerprint density at radius 1 is 1.17 bits per heavy atom. The number of hydrogen-bond acceptors (Lipinski definition) is 1. The summed E-state index contributed by atoms with van der Waals surface area (Å²) in [6, 6.07) is 8.49. The highest BCUT2D eigenvalue weighted by Crippen LogP contribution is 2.06. The minimum absolute atomic E-state index is 0.750. The fourth-order valence-electron chi connectivity index (χ4n) is 1.01. The number of hydrogen-bond donors (Lipinski definition) is 1. The maximum Gasteiger partial charge on any atom is -0.0106 e. The number of rotatable bonds is 1. The van der Waals surface area contributed by atoms with E-state index in [2.05, 4.69) is 38.1 Å². The van der Waals surface area contributed by atoms with Crippen molar-refractivity contribution in [2.75, 3.05) is 6.54 Å². The average Bonchev–Trinajstić information content (AvgIpc) is 2.07. The molecule has 1 rings (SSSR count). The molecule has 0 aliphatic heterocycles. The molecule has 68 valence electrons. The molecule has 0 fully saturated rings. The lowest BCUT2D eigenvalue weighted by molar-refractivity contribution is 1.11. The molecule has 2 N–H and O–H groups in total. The smallest absolute Gasteiger partial charge is 0.0106 e. The van der Waals surface area contributed by atoms with Gasteiger partial charge in [-0.3, -0.25) is 0 Å². The molecule has 1 aromatic carbocycles. The first-order valence-electron chi connectivity index (χ1n) is 4.50. The Morgan fingerprint density at radius 3 is 2.00 bits per heavy atom. The fourth-order valence-corrected chi connectivity index (χ4v) is 1.01. The fraction of sp³-hybridized carbons (Fsp3) is 0.455. The van der Waals surface area contributed by atoms with E-state index in [1.54, 1.807) is 0 Å². The van der Waals surface area contributed by atoms with Crippen LogP contribution in [0, 0.1) is 6.92 Å². The lowest BCUT2D eigenvalue weighted by atomic mass is 10.1. The first-order chi connectivity index (χ1) is 5.76. The van der Waals surface area contributed by atoms with Gasteiger partial charge in [-0.05, 0) is 31.0 Å². The van der Waals surface area contributed by atoms with Crippen molar-refractivity contribution in [3.8, 4) is 0 Å². The van der Waals surface area contributed by atoms with Crippen LogP contribution in [0.5, 0.6) is 0 Å². The second-order valence-corrected chi connectivity index (χ2v) is 2.69. The van der Waals surface area contributed by atoms with Crippen LogP contribution in [-0.2, 0) is 6.42 Å². The highest BCUT2D eigenvalue weighted by atomic mass is 14.5. The zero-order chi connectivity index (χ0) is 9.40. The van der Waals surface area contributed by atoms with E-state index in [4.69, 9.17) is 5.73 Å². The predicted molar refractivity (Wildman–Crippen MR) is 55.3 cm³/mol. The SMILES string of the molecule is CCN.CCc1ccccc1C. The largest absolute Gasteiger partial charge is 0.331 e. The van der Waals surface area contributed by atoms with E-state index in [0.717, 1.165) is 13.0 Å². The summed E-state index contributed by atoms with van der Waals surface area (Å²) in [4.78, 5) is 0. The molecule has 1 heteroatoms. The topological polar surface area (TPSA) is 26.0 Å². The molecule has 0 heterocycles. The van der Waals surface area contributed by atoms with Gasteiger partial charge < -0.3 is 5.73 Å². The van der Waals surface area contributed by atoms with Gasteiger partial charge in [0.2, 0.25) is 0 Å². The van der Waals surface area contributed by atoms with Gasteiger partial charge in [0.15, 0.2) is 0 Å². The van der Waals surface area contributed by atoms with Gasteiger partial charge in [-0.2, -0.15) is 0 Å². The van der Waals surface area contributed by atoms with E-state index in [1.807, 2.05) is 6.92 Å². The normalized spacial score (nSPS) is 8.67. The van der Waals surface area contributed by atoms with Crippen LogP contribution in [0.4, 0.5) is 0 Å². The van der Waals surface area contributed by atoms with Gasteiger partial charge in [-0.1, -0.05) is 38.1 Å². The molecule has 1 aromatic rings. The third kappa shape index (κ3) is 4.14. The van der Waals surface area contributed by atoms with Crippen LogP contribution in [0.15, 0.2) is 24.3 Å². The summed E-state index contributed by atoms with van der Waals surface area (Å²) in [5.41, 5.74) is 7.71. The van der Waals surface area contributed by atoms with Gasteiger partial charge in [-0.15, -0.1) is 0 Å². The summed E-state index contributed by atoms with van der Waals surface area (Å²) in [6.45, 7) is 6.99. The minimum atomic E-state index is 0.750. The van der Waals surface area contributed by atoms with Crippen molar-refractivity contribution in [2.24, 2.45) is 5.73 Å². The molecular formula is C11H19N. The Morgan fingerprint density at radius 2 is 1.67 bits per heavy atom. The highest BCUT2D eigenvalue weighted by molar-refractivity contribution is 5.24. The molecule has 0 atom stereocenters. The molecular weight excluding hydrogens is 146 g/mol. The van der Waals surface area contributed by atoms with Crippen molar-refractivity contribution in [3.05, 3.63) is 35.4 Å². The van der Waals surface area contributed by atoms with Crippen molar-refractivity contribution >= 4 is 0 Å². The van der Waals surface area contributed by atoms with E-state index in [-0.39, 0.29) is 0 Å². The number of aryl methyl sites for hydroxylation is 2. The van der Waals surface area contributed by atoms with Crippen LogP contribution >= 0.6 is 0 Å². The molecule has 1 nitrogen and oxygen atoms in total. The predicted octanol–water partition coefficient (Wildman–Crippen LogP) is 2.52. The first-order valence-corrected chi connectivity index (χ1v) is 4.50. The summed E-state index contributed by atoms with van der Waals surface area (Å²) in [7, 11) is 0. The van der Waals surface area contributed by atoms with Crippen molar-refractivity contribution in [2.45, 2.75) is 27.2 Å². The molecule has 0 saturated heterocycles. The first kappa shape index (κ1) is 11.2. The van der Waals surface area contributed by atoms with Crippen LogP contribution < -0.4 is 5.73 Å². The van der Waals surface area contributed by atoms with Crippen molar-refractivity contribution < 1.29 is 0 Å². The Hall–Kier alpha value is -0.820. The Labute approximate surface area is 75.6 Å². The van der Waals surface area contributed by atoms with Crippen LogP contribution in [0.2, 0.25) is 0 Å². The van der Waals surface area contributed by atoms with Gasteiger partial charge >= 0.3 is 0 Å². The van der Waals surface area contributed by atoms with E-state index < -0.39 is 0 Å². The highest BCUT2D eigenvalue weighted by Gasteiger charge is 1.89. The quantitative estimate of drug-likeness (QED) is 0.680. The van der Waals surface area contributed by atoms with Crippen LogP contribution in [0.25, 0.3) is 0 Å². The van der Waals surface area contributed by atoms with E-state index in [0.29, 0.717) is 0 Å². The number of benzene rings is 1. The van der Waals surface area contributed by atoms with Crippen molar-refractivity contribution in [3.63, 3.8) is 0 Å². The van der Waals surface area contributed by atoms with Crippen molar-refractivity contribution in [1.82, 2.24) is 0 Å². The average molecular weight is 165 g/mol. The minimum Gasteiger partial charge on any atom is -0.331 e. The summed E-state index contributed by atoms with van der Waals surface area (Å²) in [6.07, 6.45) is 1.15. The second-order valence-electron chi connectivity index (χ2n) is 2.69. The molecule has 0 aliphatic rings. The molecule has 0 bridgehead atoms. The Kier molecular flexibility index (Phi) is 6.39. The molecule has 0 radical (unpaired) electrons. The van der Waals surface area contributed by atoms with Gasteiger partial charge in [0.05, 0.1) is 0 Å². The monoisotopic (exact) mass is 165 g/mol. The van der Waals surface area contributed by atoms with Crippen LogP contribution in [0.1, 0.15) is 25.0 Å². The lowest BCUT2D eigenvalue weighted by Gasteiger charge is -1.98. The van der Waals surface area contributed by atoms with Crippen molar-refractivity contribution in [1.29, 1.82) is 0 Å². The summed E-state index contributed by atoms with van der Waals surface area (Å²) < 4.78 is 0. The summed E-state index contributed by atoms with van der Waals surface area (Å²) >= 11 is 0. The van der Waals surface area contributed by atoms with E-state index >= 15 is 0 Å². The van der Waals surface area contributed by atoms with Gasteiger partial charge in [0, 0.05) is 0 Å². The van der Waals surface area contributed by atoms with Gasteiger partial charge in [0.25, 0.3) is 0 Å². The lowest BCUT2D eigenvalue weighted by Crippen LogP contribution is -1.87. The molecule has 0 spiro atoms. The maximum atomic E-state index is 4.85. The molecule has 0 amide bonds. The number of nitrogens with two attached hydrogens (primary N) is 1. The zero-order valence-corrected chi connectivity index (χ0v) is 8.30. The van der Waals surface area contributed by atoms with Crippen LogP contribution in [-0.4, -0.2) is 6.54 Å². The second kappa shape index (κ2) is 6.86. The third-order valence-electron chi connectivity index (χ3n) is 1.64. The Balaban J connectivity index is 0.000000354. The Bertz CT molecular complexity index is 206. The van der Waals surface area contributed by atoms with Crippen LogP contribution in [0.3, 0.4) is 0 Å². The standard InChI is InChI=1S/C9H12.C2H7N/c1-3-9-7-5-4-6-8(9)2;1-2-3/h4-7H,3H2,1-2H3;2-3H2,1H3. The third-order valence-corrected chi connectivity index (χ3v) is 1.64. The summed E-state index contributed by atoms with van der Waals surface area (Å²) in [5, 5.41) is 0. The maximum absolute atomic E-state index is 4.85. The van der Waals surface area contributed by atoms with E-state index in [9.17, 15) is 0 Å². The van der Waals surface area contributed by atoms with Gasteiger partial charge in [0.1, 0.15) is 0 Å². The molecule has 0 unspecified atom stereocenters. The molecule has 0 saturated carbocycles. The van der Waals surface area contributed by atoms with Gasteiger partial charge in [-0.25, -0.2) is 0 Å². The molecule has 12 heavy (non-hydrogen) atoms. The zero-order valence-electron chi connectivity index (χ0n) is 8.30. The summed E-state index contributed by atoms with van der Waals surface area (Å²) in [5.74, 6) is 0. The molecule has 0 aromatic heterocycles. The van der Waals surface area contributed by atoms with E-state index in [1.165, 1.54) is 11.1 Å². The molecule has 0 aliphatic carbocycles.